The highest BCUT2D eigenvalue weighted by Gasteiger charge is 2.65. The Morgan fingerprint density at radius 2 is 1.91 bits per heavy atom. The van der Waals surface area contributed by atoms with Crippen molar-refractivity contribution >= 4 is 23.2 Å². The average Bonchev–Trinajstić information content (AvgIpc) is 3.08. The summed E-state index contributed by atoms with van der Waals surface area (Å²) in [4.78, 5) is 29.0. The largest absolute Gasteiger partial charge is 0.391 e. The summed E-state index contributed by atoms with van der Waals surface area (Å²) in [6.45, 7) is 11.2. The van der Waals surface area contributed by atoms with Gasteiger partial charge in [0.1, 0.15) is 5.78 Å². The molecule has 0 aromatic carbocycles. The number of alkyl halides is 1. The first-order chi connectivity index (χ1) is 15.5. The van der Waals surface area contributed by atoms with Crippen LogP contribution < -0.4 is 0 Å². The molecule has 5 nitrogen and oxygen atoms in total. The van der Waals surface area contributed by atoms with E-state index >= 15 is 0 Å². The van der Waals surface area contributed by atoms with E-state index in [0.29, 0.717) is 36.6 Å². The Labute approximate surface area is 203 Å². The van der Waals surface area contributed by atoms with Crippen molar-refractivity contribution in [3.63, 3.8) is 0 Å². The first-order valence-corrected chi connectivity index (χ1v) is 13.7. The van der Waals surface area contributed by atoms with Gasteiger partial charge in [-0.1, -0.05) is 13.8 Å². The summed E-state index contributed by atoms with van der Waals surface area (Å²) in [6, 6.07) is 0.0865. The van der Waals surface area contributed by atoms with Crippen molar-refractivity contribution in [2.45, 2.75) is 90.4 Å². The molecule has 4 aliphatic carbocycles. The number of hydrogen-bond acceptors (Lipinski definition) is 5. The molecule has 0 amide bonds. The molecule has 6 heteroatoms. The second-order valence-corrected chi connectivity index (χ2v) is 13.3. The molecule has 186 valence electrons. The van der Waals surface area contributed by atoms with Gasteiger partial charge >= 0.3 is 0 Å². The van der Waals surface area contributed by atoms with Crippen molar-refractivity contribution in [2.75, 3.05) is 25.6 Å². The molecule has 9 atom stereocenters. The minimum Gasteiger partial charge on any atom is -0.391 e. The van der Waals surface area contributed by atoms with E-state index in [1.165, 1.54) is 0 Å². The number of nitrogens with zero attached hydrogens (tertiary/aromatic N) is 1. The van der Waals surface area contributed by atoms with E-state index in [4.69, 9.17) is 16.3 Å². The minimum absolute atomic E-state index is 0.0585. The Hall–Kier alpha value is -0.490. The molecular weight excluding hydrogens is 438 g/mol. The Morgan fingerprint density at radius 1 is 1.15 bits per heavy atom. The summed E-state index contributed by atoms with van der Waals surface area (Å²) in [5.74, 6) is 1.75. The van der Waals surface area contributed by atoms with E-state index in [1.807, 2.05) is 0 Å². The van der Waals surface area contributed by atoms with E-state index in [9.17, 15) is 14.7 Å². The third-order valence-corrected chi connectivity index (χ3v) is 11.1. The fourth-order valence-electron chi connectivity index (χ4n) is 9.43. The number of fused-ring (bicyclic) bond motifs is 5. The van der Waals surface area contributed by atoms with E-state index < -0.39 is 0 Å². The predicted octanol–water partition coefficient (Wildman–Crippen LogP) is 4.08. The summed E-state index contributed by atoms with van der Waals surface area (Å²) in [7, 11) is 0. The summed E-state index contributed by atoms with van der Waals surface area (Å²) in [5, 5.41) is 11.2. The number of aliphatic hydroxyl groups is 1. The number of halogens is 1. The van der Waals surface area contributed by atoms with Crippen LogP contribution in [0.25, 0.3) is 0 Å². The normalized spacial score (nSPS) is 49.8. The lowest BCUT2D eigenvalue weighted by Crippen LogP contribution is -2.64. The number of ketones is 2. The molecule has 5 aliphatic rings. The average molecular weight is 480 g/mol. The Balaban J connectivity index is 1.43. The smallest absolute Gasteiger partial charge is 0.151 e. The van der Waals surface area contributed by atoms with E-state index in [0.717, 1.165) is 51.6 Å². The molecule has 0 unspecified atom stereocenters. The van der Waals surface area contributed by atoms with Gasteiger partial charge in [0.2, 0.25) is 0 Å². The lowest BCUT2D eigenvalue weighted by Gasteiger charge is -2.62. The van der Waals surface area contributed by atoms with Gasteiger partial charge in [-0.3, -0.25) is 14.5 Å². The number of rotatable bonds is 3. The molecule has 0 spiro atoms. The van der Waals surface area contributed by atoms with Gasteiger partial charge in [-0.25, -0.2) is 0 Å². The van der Waals surface area contributed by atoms with Crippen LogP contribution in [0.1, 0.15) is 72.6 Å². The highest BCUT2D eigenvalue weighted by molar-refractivity contribution is 6.28. The molecular formula is C27H42ClNO4. The number of carbonyl (C=O) groups excluding carboxylic acids is 2. The van der Waals surface area contributed by atoms with Crippen LogP contribution in [0, 0.1) is 40.4 Å². The van der Waals surface area contributed by atoms with Gasteiger partial charge in [-0.2, -0.15) is 0 Å². The highest BCUT2D eigenvalue weighted by Crippen LogP contribution is 2.66. The fraction of sp³-hybridized carbons (Fsp3) is 0.926. The van der Waals surface area contributed by atoms with Gasteiger partial charge in [-0.15, -0.1) is 11.6 Å². The number of ether oxygens (including phenoxy) is 1. The van der Waals surface area contributed by atoms with Crippen LogP contribution in [0.2, 0.25) is 0 Å². The van der Waals surface area contributed by atoms with Crippen molar-refractivity contribution in [3.8, 4) is 0 Å². The quantitative estimate of drug-likeness (QED) is 0.618. The van der Waals surface area contributed by atoms with Crippen LogP contribution >= 0.6 is 11.6 Å². The number of Topliss-reactive ketones (excluding diaryl/α,β-unsaturated/α-hetero) is 2. The Kier molecular flexibility index (Phi) is 6.08. The molecule has 1 aliphatic heterocycles. The Morgan fingerprint density at radius 3 is 2.61 bits per heavy atom. The zero-order valence-electron chi connectivity index (χ0n) is 20.8. The van der Waals surface area contributed by atoms with Crippen molar-refractivity contribution in [1.82, 2.24) is 4.90 Å². The third kappa shape index (κ3) is 3.75. The molecule has 0 radical (unpaired) electrons. The molecule has 1 heterocycles. The molecule has 1 N–H and O–H groups in total. The Bertz CT molecular complexity index is 816. The highest BCUT2D eigenvalue weighted by atomic mass is 35.5. The van der Waals surface area contributed by atoms with Crippen LogP contribution in [-0.4, -0.2) is 64.9 Å². The number of aliphatic hydroxyl groups excluding tert-OH is 1. The van der Waals surface area contributed by atoms with Crippen molar-refractivity contribution in [2.24, 2.45) is 40.4 Å². The van der Waals surface area contributed by atoms with Gasteiger partial charge in [-0.05, 0) is 81.0 Å². The fourth-order valence-corrected chi connectivity index (χ4v) is 9.61. The zero-order chi connectivity index (χ0) is 23.8. The molecule has 5 rings (SSSR count). The van der Waals surface area contributed by atoms with Gasteiger partial charge in [0, 0.05) is 37.4 Å². The maximum absolute atomic E-state index is 13.9. The van der Waals surface area contributed by atoms with Crippen LogP contribution in [0.4, 0.5) is 0 Å². The van der Waals surface area contributed by atoms with Gasteiger partial charge in [0.15, 0.2) is 5.78 Å². The van der Waals surface area contributed by atoms with E-state index in [2.05, 4.69) is 32.6 Å². The van der Waals surface area contributed by atoms with Crippen LogP contribution in [-0.2, 0) is 14.3 Å². The molecule has 1 saturated heterocycles. The van der Waals surface area contributed by atoms with E-state index in [1.54, 1.807) is 0 Å². The lowest BCUT2D eigenvalue weighted by atomic mass is 9.43. The van der Waals surface area contributed by atoms with Crippen molar-refractivity contribution in [3.05, 3.63) is 0 Å². The molecule has 5 fully saturated rings. The molecule has 33 heavy (non-hydrogen) atoms. The zero-order valence-corrected chi connectivity index (χ0v) is 21.6. The minimum atomic E-state index is -0.338. The number of carbonyl (C=O) groups is 2. The van der Waals surface area contributed by atoms with Crippen molar-refractivity contribution < 1.29 is 19.4 Å². The second-order valence-electron chi connectivity index (χ2n) is 13.1. The SMILES string of the molecule is CC1(C)CN([C@H]2C[C@@]3(C)[C@@H](CC[C@H]4[C@@H]5CC[C@H](C(=O)CCl)[C@@]5(C)CC(=O)[C@@H]43)C[C@@H]2O)CCO1. The maximum Gasteiger partial charge on any atom is 0.151 e. The third-order valence-electron chi connectivity index (χ3n) is 10.8. The maximum atomic E-state index is 13.9. The van der Waals surface area contributed by atoms with Crippen molar-refractivity contribution in [1.29, 1.82) is 0 Å². The first kappa shape index (κ1) is 24.2. The molecule has 4 saturated carbocycles. The second kappa shape index (κ2) is 8.28. The molecule has 0 bridgehead atoms. The predicted molar refractivity (Wildman–Crippen MR) is 128 cm³/mol. The summed E-state index contributed by atoms with van der Waals surface area (Å²) >= 11 is 5.96. The van der Waals surface area contributed by atoms with E-state index in [-0.39, 0.29) is 52.1 Å². The topological polar surface area (TPSA) is 66.8 Å². The number of hydrogen-bond donors (Lipinski definition) is 1. The molecule has 0 aromatic rings. The van der Waals surface area contributed by atoms with Crippen LogP contribution in [0.15, 0.2) is 0 Å². The summed E-state index contributed by atoms with van der Waals surface area (Å²) in [5.41, 5.74) is -0.515. The first-order valence-electron chi connectivity index (χ1n) is 13.2. The van der Waals surface area contributed by atoms with Gasteiger partial charge < -0.3 is 9.84 Å². The number of morpholine rings is 1. The molecule has 0 aromatic heterocycles. The standard InChI is InChI=1S/C27H42ClNO4/c1-25(2)15-29(9-10-33-25)20-12-26(3)16(11-21(20)30)5-6-17-18-7-8-19(23(32)14-28)27(18,4)13-22(31)24(17)26/h16-21,24,30H,5-15H2,1-4H3/t16-,17-,18-,19+,20-,21-,24+,26-,27-/m0/s1. The van der Waals surface area contributed by atoms with Crippen LogP contribution in [0.5, 0.6) is 0 Å². The monoisotopic (exact) mass is 479 g/mol. The van der Waals surface area contributed by atoms with Crippen LogP contribution in [0.3, 0.4) is 0 Å². The van der Waals surface area contributed by atoms with Gasteiger partial charge in [0.25, 0.3) is 0 Å². The summed E-state index contributed by atoms with van der Waals surface area (Å²) < 4.78 is 5.94. The van der Waals surface area contributed by atoms with Gasteiger partial charge in [0.05, 0.1) is 24.2 Å². The lowest BCUT2D eigenvalue weighted by molar-refractivity contribution is -0.177. The summed E-state index contributed by atoms with van der Waals surface area (Å²) in [6.07, 6.45) is 5.93.